The van der Waals surface area contributed by atoms with Gasteiger partial charge in [-0.3, -0.25) is 0 Å². The topological polar surface area (TPSA) is 13.1 Å². The fraction of sp³-hybridized carbons (Fsp3) is 0.0769. The highest BCUT2D eigenvalue weighted by Crippen LogP contribution is 2.33. The lowest BCUT2D eigenvalue weighted by molar-refractivity contribution is 0.669. The lowest BCUT2D eigenvalue weighted by Crippen LogP contribution is -1.77. The van der Waals surface area contributed by atoms with Crippen molar-refractivity contribution in [3.05, 3.63) is 47.0 Å². The van der Waals surface area contributed by atoms with Crippen LogP contribution in [0.5, 0.6) is 0 Å². The van der Waals surface area contributed by atoms with E-state index in [4.69, 9.17) is 16.0 Å². The number of hydrogen-bond donors (Lipinski definition) is 0. The summed E-state index contributed by atoms with van der Waals surface area (Å²) in [6.07, 6.45) is 0. The van der Waals surface area contributed by atoms with E-state index in [9.17, 15) is 0 Å². The van der Waals surface area contributed by atoms with Gasteiger partial charge < -0.3 is 4.42 Å². The van der Waals surface area contributed by atoms with Gasteiger partial charge in [-0.1, -0.05) is 39.7 Å². The molecular formula is C13H8BrClO. The molecule has 80 valence electrons. The van der Waals surface area contributed by atoms with E-state index in [1.807, 2.05) is 30.3 Å². The molecule has 3 aromatic rings. The molecule has 0 N–H and O–H groups in total. The van der Waals surface area contributed by atoms with Crippen molar-refractivity contribution < 1.29 is 4.42 Å². The Labute approximate surface area is 106 Å². The van der Waals surface area contributed by atoms with Gasteiger partial charge in [-0.15, -0.1) is 0 Å². The van der Waals surface area contributed by atoms with Crippen molar-refractivity contribution in [2.24, 2.45) is 0 Å². The summed E-state index contributed by atoms with van der Waals surface area (Å²) in [5.41, 5.74) is 2.99. The van der Waals surface area contributed by atoms with Gasteiger partial charge in [-0.25, -0.2) is 0 Å². The number of furan rings is 1. The Morgan fingerprint density at radius 2 is 2.00 bits per heavy atom. The molecule has 0 unspecified atom stereocenters. The molecule has 0 saturated carbocycles. The molecule has 0 bridgehead atoms. The number of alkyl halides is 1. The largest absolute Gasteiger partial charge is 0.456 e. The van der Waals surface area contributed by atoms with Gasteiger partial charge in [0.25, 0.3) is 0 Å². The fourth-order valence-corrected chi connectivity index (χ4v) is 2.61. The van der Waals surface area contributed by atoms with Crippen molar-refractivity contribution in [1.29, 1.82) is 0 Å². The van der Waals surface area contributed by atoms with Gasteiger partial charge in [-0.2, -0.15) is 0 Å². The summed E-state index contributed by atoms with van der Waals surface area (Å²) >= 11 is 9.45. The van der Waals surface area contributed by atoms with Crippen LogP contribution < -0.4 is 0 Å². The van der Waals surface area contributed by atoms with Crippen LogP contribution in [0.4, 0.5) is 0 Å². The van der Waals surface area contributed by atoms with Crippen LogP contribution in [0.2, 0.25) is 5.02 Å². The predicted molar refractivity (Wildman–Crippen MR) is 71.4 cm³/mol. The summed E-state index contributed by atoms with van der Waals surface area (Å²) in [4.78, 5) is 0. The normalized spacial score (nSPS) is 11.4. The minimum atomic E-state index is 0.701. The van der Waals surface area contributed by atoms with Crippen LogP contribution in [0, 0.1) is 0 Å². The molecule has 1 nitrogen and oxygen atoms in total. The monoisotopic (exact) mass is 294 g/mol. The van der Waals surface area contributed by atoms with Crippen molar-refractivity contribution in [2.75, 3.05) is 0 Å². The summed E-state index contributed by atoms with van der Waals surface area (Å²) < 4.78 is 5.77. The first-order valence-electron chi connectivity index (χ1n) is 4.95. The Balaban J connectivity index is 2.52. The van der Waals surface area contributed by atoms with Crippen LogP contribution in [0.15, 0.2) is 40.8 Å². The maximum Gasteiger partial charge on any atom is 0.136 e. The molecule has 1 heterocycles. The molecule has 0 atom stereocenters. The van der Waals surface area contributed by atoms with Gasteiger partial charge in [0.15, 0.2) is 0 Å². The number of fused-ring (bicyclic) bond motifs is 3. The van der Waals surface area contributed by atoms with E-state index in [0.717, 1.165) is 21.9 Å². The molecule has 0 aliphatic heterocycles. The summed E-state index contributed by atoms with van der Waals surface area (Å²) in [6.45, 7) is 0. The molecule has 1 aromatic heterocycles. The molecular weight excluding hydrogens is 287 g/mol. The zero-order chi connectivity index (χ0) is 11.1. The summed E-state index contributed by atoms with van der Waals surface area (Å²) in [6, 6.07) is 11.8. The van der Waals surface area contributed by atoms with E-state index < -0.39 is 0 Å². The number of benzene rings is 2. The van der Waals surface area contributed by atoms with Crippen LogP contribution in [-0.4, -0.2) is 0 Å². The molecule has 3 heteroatoms. The highest BCUT2D eigenvalue weighted by Gasteiger charge is 2.10. The number of hydrogen-bond acceptors (Lipinski definition) is 1. The van der Waals surface area contributed by atoms with Crippen molar-refractivity contribution in [2.45, 2.75) is 5.33 Å². The Morgan fingerprint density at radius 3 is 2.81 bits per heavy atom. The van der Waals surface area contributed by atoms with Crippen LogP contribution in [0.1, 0.15) is 5.56 Å². The van der Waals surface area contributed by atoms with Crippen molar-refractivity contribution in [1.82, 2.24) is 0 Å². The first kappa shape index (κ1) is 10.2. The average molecular weight is 296 g/mol. The van der Waals surface area contributed by atoms with Gasteiger partial charge >= 0.3 is 0 Å². The van der Waals surface area contributed by atoms with Crippen LogP contribution in [0.25, 0.3) is 21.9 Å². The van der Waals surface area contributed by atoms with Crippen molar-refractivity contribution in [3.63, 3.8) is 0 Å². The van der Waals surface area contributed by atoms with E-state index in [1.165, 1.54) is 10.9 Å². The molecule has 0 fully saturated rings. The first-order chi connectivity index (χ1) is 7.79. The molecule has 16 heavy (non-hydrogen) atoms. The second kappa shape index (κ2) is 3.79. The molecule has 0 aliphatic rings. The highest BCUT2D eigenvalue weighted by molar-refractivity contribution is 9.08. The third-order valence-corrected chi connectivity index (χ3v) is 3.53. The molecule has 0 spiro atoms. The van der Waals surface area contributed by atoms with E-state index >= 15 is 0 Å². The second-order valence-corrected chi connectivity index (χ2v) is 4.66. The molecule has 3 rings (SSSR count). The Morgan fingerprint density at radius 1 is 1.12 bits per heavy atom. The molecule has 0 aliphatic carbocycles. The smallest absolute Gasteiger partial charge is 0.136 e. The lowest BCUT2D eigenvalue weighted by atomic mass is 10.1. The maximum absolute atomic E-state index is 5.95. The fourth-order valence-electron chi connectivity index (χ4n) is 1.98. The Bertz CT molecular complexity index is 672. The number of halogens is 2. The lowest BCUT2D eigenvalue weighted by Gasteiger charge is -1.97. The summed E-state index contributed by atoms with van der Waals surface area (Å²) in [5, 5.41) is 3.81. The average Bonchev–Trinajstić information content (AvgIpc) is 2.65. The van der Waals surface area contributed by atoms with Crippen LogP contribution in [0.3, 0.4) is 0 Å². The standard InChI is InChI=1S/C13H8BrClO/c14-7-8-2-1-3-11-13(8)10-5-4-9(15)6-12(10)16-11/h1-6H,7H2. The van der Waals surface area contributed by atoms with Crippen LogP contribution in [-0.2, 0) is 5.33 Å². The van der Waals surface area contributed by atoms with E-state index in [0.29, 0.717) is 5.02 Å². The van der Waals surface area contributed by atoms with Gasteiger partial charge in [-0.05, 0) is 23.8 Å². The Hall–Kier alpha value is -0.990. The van der Waals surface area contributed by atoms with Crippen molar-refractivity contribution >= 4 is 49.5 Å². The van der Waals surface area contributed by atoms with Gasteiger partial charge in [0.05, 0.1) is 0 Å². The van der Waals surface area contributed by atoms with Crippen LogP contribution >= 0.6 is 27.5 Å². The van der Waals surface area contributed by atoms with E-state index in [1.54, 1.807) is 0 Å². The summed E-state index contributed by atoms with van der Waals surface area (Å²) in [7, 11) is 0. The number of rotatable bonds is 1. The van der Waals surface area contributed by atoms with E-state index in [-0.39, 0.29) is 0 Å². The van der Waals surface area contributed by atoms with E-state index in [2.05, 4.69) is 22.0 Å². The maximum atomic E-state index is 5.95. The Kier molecular flexibility index (Phi) is 2.41. The predicted octanol–water partition coefficient (Wildman–Crippen LogP) is 5.13. The third kappa shape index (κ3) is 1.45. The van der Waals surface area contributed by atoms with Gasteiger partial charge in [0.2, 0.25) is 0 Å². The van der Waals surface area contributed by atoms with Gasteiger partial charge in [0, 0.05) is 27.2 Å². The van der Waals surface area contributed by atoms with Crippen molar-refractivity contribution in [3.8, 4) is 0 Å². The molecule has 2 aromatic carbocycles. The van der Waals surface area contributed by atoms with Gasteiger partial charge in [0.1, 0.15) is 11.2 Å². The highest BCUT2D eigenvalue weighted by atomic mass is 79.9. The quantitative estimate of drug-likeness (QED) is 0.567. The SMILES string of the molecule is Clc1ccc2c(c1)oc1cccc(CBr)c12. The zero-order valence-electron chi connectivity index (χ0n) is 8.34. The molecule has 0 radical (unpaired) electrons. The molecule has 0 saturated heterocycles. The third-order valence-electron chi connectivity index (χ3n) is 2.69. The summed E-state index contributed by atoms with van der Waals surface area (Å²) in [5.74, 6) is 0. The minimum Gasteiger partial charge on any atom is -0.456 e. The first-order valence-corrected chi connectivity index (χ1v) is 6.45. The minimum absolute atomic E-state index is 0.701. The zero-order valence-corrected chi connectivity index (χ0v) is 10.7. The second-order valence-electron chi connectivity index (χ2n) is 3.67. The molecule has 0 amide bonds.